The Balaban J connectivity index is 1.61. The van der Waals surface area contributed by atoms with Crippen LogP contribution in [0.1, 0.15) is 17.3 Å². The number of carbonyl (C=O) groups excluding carboxylic acids is 3. The molecule has 2 bridgehead atoms. The highest BCUT2D eigenvalue weighted by Crippen LogP contribution is 2.46. The molecule has 0 aliphatic carbocycles. The largest absolute Gasteiger partial charge is 0.462 e. The van der Waals surface area contributed by atoms with E-state index in [0.29, 0.717) is 17.9 Å². The Morgan fingerprint density at radius 1 is 1.09 bits per heavy atom. The number of rotatable bonds is 3. The van der Waals surface area contributed by atoms with Gasteiger partial charge in [0.15, 0.2) is 0 Å². The summed E-state index contributed by atoms with van der Waals surface area (Å²) in [4.78, 5) is 38.1. The van der Waals surface area contributed by atoms with E-state index in [1.807, 2.05) is 12.2 Å². The second kappa shape index (κ2) is 5.03. The average Bonchev–Trinajstić information content (AvgIpc) is 3.22. The van der Waals surface area contributed by atoms with Crippen molar-refractivity contribution in [2.24, 2.45) is 11.8 Å². The van der Waals surface area contributed by atoms with E-state index < -0.39 is 17.8 Å². The molecule has 23 heavy (non-hydrogen) atoms. The monoisotopic (exact) mass is 313 g/mol. The van der Waals surface area contributed by atoms with Crippen molar-refractivity contribution in [1.82, 2.24) is 0 Å². The molecule has 0 aromatic heterocycles. The minimum Gasteiger partial charge on any atom is -0.462 e. The molecule has 2 saturated heterocycles. The van der Waals surface area contributed by atoms with Crippen molar-refractivity contribution in [3.63, 3.8) is 0 Å². The zero-order valence-corrected chi connectivity index (χ0v) is 12.5. The Bertz CT molecular complexity index is 693. The lowest BCUT2D eigenvalue weighted by Gasteiger charge is -2.17. The van der Waals surface area contributed by atoms with Crippen molar-refractivity contribution in [2.75, 3.05) is 11.5 Å². The zero-order valence-electron chi connectivity index (χ0n) is 12.5. The lowest BCUT2D eigenvalue weighted by molar-refractivity contribution is -0.124. The number of carbonyl (C=O) groups is 3. The first-order chi connectivity index (χ1) is 11.1. The Hall–Kier alpha value is -2.47. The van der Waals surface area contributed by atoms with Crippen LogP contribution < -0.4 is 4.90 Å². The first-order valence-corrected chi connectivity index (χ1v) is 7.60. The van der Waals surface area contributed by atoms with E-state index in [-0.39, 0.29) is 24.0 Å². The standard InChI is InChI=1S/C17H15NO5/c1-2-22-17(21)9-3-5-10(6-4-9)18-15(19)13-11-7-8-12(23-11)14(13)16(18)20/h3-8,11-14H,2H2,1H3/t11-,12+,13+,14-. The minimum atomic E-state index is -0.428. The molecule has 6 nitrogen and oxygen atoms in total. The van der Waals surface area contributed by atoms with E-state index in [1.165, 1.54) is 4.90 Å². The van der Waals surface area contributed by atoms with Crippen LogP contribution in [0.15, 0.2) is 36.4 Å². The number of imide groups is 1. The second-order valence-corrected chi connectivity index (χ2v) is 5.78. The maximum absolute atomic E-state index is 12.6. The highest BCUT2D eigenvalue weighted by Gasteiger charge is 2.60. The van der Waals surface area contributed by atoms with E-state index in [1.54, 1.807) is 31.2 Å². The highest BCUT2D eigenvalue weighted by molar-refractivity contribution is 6.23. The molecule has 6 heteroatoms. The molecular weight excluding hydrogens is 298 g/mol. The molecule has 0 saturated carbocycles. The number of hydrogen-bond donors (Lipinski definition) is 0. The van der Waals surface area contributed by atoms with E-state index in [4.69, 9.17) is 9.47 Å². The summed E-state index contributed by atoms with van der Waals surface area (Å²) in [7, 11) is 0. The van der Waals surface area contributed by atoms with Crippen LogP contribution in [0, 0.1) is 11.8 Å². The van der Waals surface area contributed by atoms with Gasteiger partial charge in [-0.1, -0.05) is 12.2 Å². The average molecular weight is 313 g/mol. The van der Waals surface area contributed by atoms with Crippen LogP contribution in [0.5, 0.6) is 0 Å². The fourth-order valence-electron chi connectivity index (χ4n) is 3.52. The molecule has 3 aliphatic heterocycles. The molecule has 0 unspecified atom stereocenters. The summed E-state index contributed by atoms with van der Waals surface area (Å²) >= 11 is 0. The Labute approximate surface area is 132 Å². The molecule has 4 atom stereocenters. The molecular formula is C17H15NO5. The van der Waals surface area contributed by atoms with Crippen LogP contribution in [0.2, 0.25) is 0 Å². The topological polar surface area (TPSA) is 72.9 Å². The molecule has 1 aromatic rings. The fraction of sp³-hybridized carbons (Fsp3) is 0.353. The molecule has 0 radical (unpaired) electrons. The number of ether oxygens (including phenoxy) is 2. The predicted molar refractivity (Wildman–Crippen MR) is 79.7 cm³/mol. The van der Waals surface area contributed by atoms with Crippen molar-refractivity contribution >= 4 is 23.5 Å². The number of anilines is 1. The summed E-state index contributed by atoms with van der Waals surface area (Å²) in [6, 6.07) is 6.31. The number of hydrogen-bond acceptors (Lipinski definition) is 5. The van der Waals surface area contributed by atoms with Crippen molar-refractivity contribution in [3.05, 3.63) is 42.0 Å². The third kappa shape index (κ3) is 1.95. The van der Waals surface area contributed by atoms with Gasteiger partial charge in [-0.25, -0.2) is 9.69 Å². The lowest BCUT2D eigenvalue weighted by Crippen LogP contribution is -2.34. The van der Waals surface area contributed by atoms with Gasteiger partial charge in [-0.3, -0.25) is 9.59 Å². The van der Waals surface area contributed by atoms with Gasteiger partial charge in [0.1, 0.15) is 0 Å². The Morgan fingerprint density at radius 3 is 2.17 bits per heavy atom. The van der Waals surface area contributed by atoms with E-state index in [2.05, 4.69) is 0 Å². The van der Waals surface area contributed by atoms with Crippen molar-refractivity contribution in [3.8, 4) is 0 Å². The summed E-state index contributed by atoms with van der Waals surface area (Å²) in [6.07, 6.45) is 3.10. The normalized spacial score (nSPS) is 30.9. The molecule has 2 amide bonds. The van der Waals surface area contributed by atoms with Gasteiger partial charge in [-0.2, -0.15) is 0 Å². The van der Waals surface area contributed by atoms with Crippen molar-refractivity contribution in [2.45, 2.75) is 19.1 Å². The predicted octanol–water partition coefficient (Wildman–Crippen LogP) is 1.31. The van der Waals surface area contributed by atoms with Crippen LogP contribution in [0.3, 0.4) is 0 Å². The first-order valence-electron chi connectivity index (χ1n) is 7.60. The van der Waals surface area contributed by atoms with E-state index >= 15 is 0 Å². The van der Waals surface area contributed by atoms with E-state index in [0.717, 1.165) is 0 Å². The van der Waals surface area contributed by atoms with Crippen LogP contribution in [-0.4, -0.2) is 36.6 Å². The number of benzene rings is 1. The van der Waals surface area contributed by atoms with Gasteiger partial charge < -0.3 is 9.47 Å². The second-order valence-electron chi connectivity index (χ2n) is 5.78. The third-order valence-electron chi connectivity index (χ3n) is 4.55. The highest BCUT2D eigenvalue weighted by atomic mass is 16.5. The SMILES string of the molecule is CCOC(=O)c1ccc(N2C(=O)[C@@H]3[C@H](C2=O)[C@@H]2C=C[C@H]3O2)cc1. The maximum Gasteiger partial charge on any atom is 0.338 e. The maximum atomic E-state index is 12.6. The van der Waals surface area contributed by atoms with Gasteiger partial charge in [-0.05, 0) is 31.2 Å². The van der Waals surface area contributed by atoms with Crippen LogP contribution in [-0.2, 0) is 19.1 Å². The van der Waals surface area contributed by atoms with E-state index in [9.17, 15) is 14.4 Å². The van der Waals surface area contributed by atoms with Crippen molar-refractivity contribution in [1.29, 1.82) is 0 Å². The van der Waals surface area contributed by atoms with Gasteiger partial charge in [0.05, 0.1) is 41.9 Å². The van der Waals surface area contributed by atoms with Gasteiger partial charge in [-0.15, -0.1) is 0 Å². The van der Waals surface area contributed by atoms with Gasteiger partial charge in [0.25, 0.3) is 0 Å². The number of nitrogens with zero attached hydrogens (tertiary/aromatic N) is 1. The first kappa shape index (κ1) is 14.1. The fourth-order valence-corrected chi connectivity index (χ4v) is 3.52. The molecule has 4 rings (SSSR count). The minimum absolute atomic E-state index is 0.235. The van der Waals surface area contributed by atoms with Gasteiger partial charge in [0, 0.05) is 0 Å². The number of amides is 2. The summed E-state index contributed by atoms with van der Waals surface area (Å²) in [5.41, 5.74) is 0.863. The molecule has 0 N–H and O–H groups in total. The molecule has 3 aliphatic rings. The van der Waals surface area contributed by atoms with Gasteiger partial charge in [0.2, 0.25) is 11.8 Å². The van der Waals surface area contributed by atoms with Crippen LogP contribution in [0.25, 0.3) is 0 Å². The smallest absolute Gasteiger partial charge is 0.338 e. The molecule has 3 heterocycles. The summed E-state index contributed by atoms with van der Waals surface area (Å²) < 4.78 is 10.5. The summed E-state index contributed by atoms with van der Waals surface area (Å²) in [5.74, 6) is -1.75. The number of esters is 1. The molecule has 2 fully saturated rings. The molecule has 0 spiro atoms. The molecule has 118 valence electrons. The lowest BCUT2D eigenvalue weighted by atomic mass is 9.85. The quantitative estimate of drug-likeness (QED) is 0.478. The van der Waals surface area contributed by atoms with Crippen LogP contribution >= 0.6 is 0 Å². The Kier molecular flexibility index (Phi) is 3.09. The number of fused-ring (bicyclic) bond motifs is 5. The Morgan fingerprint density at radius 2 is 1.65 bits per heavy atom. The van der Waals surface area contributed by atoms with Gasteiger partial charge >= 0.3 is 5.97 Å². The molecule has 1 aromatic carbocycles. The van der Waals surface area contributed by atoms with Crippen LogP contribution in [0.4, 0.5) is 5.69 Å². The summed E-state index contributed by atoms with van der Waals surface area (Å²) in [5, 5.41) is 0. The zero-order chi connectivity index (χ0) is 16.1. The third-order valence-corrected chi connectivity index (χ3v) is 4.55. The summed E-state index contributed by atoms with van der Waals surface area (Å²) in [6.45, 7) is 2.03. The van der Waals surface area contributed by atoms with Crippen molar-refractivity contribution < 1.29 is 23.9 Å².